The minimum Gasteiger partial charge on any atom is -0.454 e. The Labute approximate surface area is 245 Å². The maximum Gasteiger partial charge on any atom is 0.231 e. The zero-order chi connectivity index (χ0) is 28.7. The summed E-state index contributed by atoms with van der Waals surface area (Å²) in [7, 11) is -3.37. The van der Waals surface area contributed by atoms with E-state index >= 15 is 0 Å². The zero-order valence-corrected chi connectivity index (χ0v) is 24.2. The molecule has 5 aromatic rings. The highest BCUT2D eigenvalue weighted by molar-refractivity contribution is 7.89. The molecule has 4 heterocycles. The van der Waals surface area contributed by atoms with E-state index in [9.17, 15) is 8.42 Å². The second-order valence-corrected chi connectivity index (χ2v) is 13.1. The number of nitrogens with zero attached hydrogens (tertiary/aromatic N) is 3. The van der Waals surface area contributed by atoms with E-state index < -0.39 is 10.0 Å². The third-order valence-corrected chi connectivity index (χ3v) is 10.1. The first-order valence-electron chi connectivity index (χ1n) is 14.3. The van der Waals surface area contributed by atoms with E-state index in [1.807, 2.05) is 61.5 Å². The van der Waals surface area contributed by atoms with Crippen LogP contribution in [-0.4, -0.2) is 53.3 Å². The minimum absolute atomic E-state index is 0.105. The van der Waals surface area contributed by atoms with Crippen molar-refractivity contribution in [3.8, 4) is 34.1 Å². The van der Waals surface area contributed by atoms with Crippen LogP contribution in [-0.2, 0) is 16.4 Å². The van der Waals surface area contributed by atoms with Crippen molar-refractivity contribution >= 4 is 20.8 Å². The summed E-state index contributed by atoms with van der Waals surface area (Å²) in [5.74, 6) is 2.49. The predicted molar refractivity (Wildman–Crippen MR) is 163 cm³/mol. The number of hydrogen-bond acceptors (Lipinski definition) is 6. The van der Waals surface area contributed by atoms with E-state index in [-0.39, 0.29) is 18.5 Å². The Hall–Kier alpha value is -4.21. The Balaban J connectivity index is 1.08. The van der Waals surface area contributed by atoms with Gasteiger partial charge in [-0.15, -0.1) is 0 Å². The summed E-state index contributed by atoms with van der Waals surface area (Å²) in [6.45, 7) is 3.13. The van der Waals surface area contributed by atoms with Crippen LogP contribution in [0.1, 0.15) is 35.8 Å². The largest absolute Gasteiger partial charge is 0.454 e. The molecule has 0 atom stereocenters. The van der Waals surface area contributed by atoms with Crippen LogP contribution in [0.3, 0.4) is 0 Å². The number of hydrogen-bond donors (Lipinski definition) is 1. The molecular weight excluding hydrogens is 548 g/mol. The summed E-state index contributed by atoms with van der Waals surface area (Å²) in [5.41, 5.74) is 5.33. The number of H-pyrrole nitrogens is 1. The van der Waals surface area contributed by atoms with Gasteiger partial charge in [-0.3, -0.25) is 4.98 Å². The maximum atomic E-state index is 13.3. The van der Waals surface area contributed by atoms with E-state index in [0.717, 1.165) is 56.2 Å². The number of imidazole rings is 1. The monoisotopic (exact) mass is 580 g/mol. The van der Waals surface area contributed by atoms with Crippen LogP contribution in [0.4, 0.5) is 0 Å². The first-order chi connectivity index (χ1) is 20.4. The summed E-state index contributed by atoms with van der Waals surface area (Å²) in [6.07, 6.45) is 1.89. The molecule has 8 nitrogen and oxygen atoms in total. The fourth-order valence-electron chi connectivity index (χ4n) is 5.88. The molecule has 9 heteroatoms. The molecule has 7 rings (SSSR count). The van der Waals surface area contributed by atoms with Gasteiger partial charge in [-0.25, -0.2) is 17.7 Å². The van der Waals surface area contributed by atoms with Crippen LogP contribution in [0.2, 0.25) is 0 Å². The summed E-state index contributed by atoms with van der Waals surface area (Å²) in [4.78, 5) is 13.4. The Morgan fingerprint density at radius 3 is 2.52 bits per heavy atom. The number of rotatable bonds is 7. The molecule has 1 saturated heterocycles. The molecule has 0 spiro atoms. The molecule has 0 aliphatic carbocycles. The minimum atomic E-state index is -3.37. The van der Waals surface area contributed by atoms with Crippen LogP contribution in [0.15, 0.2) is 78.9 Å². The highest BCUT2D eigenvalue weighted by Gasteiger charge is 2.31. The third-order valence-electron chi connectivity index (χ3n) is 8.21. The lowest BCUT2D eigenvalue weighted by molar-refractivity contribution is 0.174. The highest BCUT2D eigenvalue weighted by atomic mass is 32.2. The topological polar surface area (TPSA) is 97.4 Å². The lowest BCUT2D eigenvalue weighted by Crippen LogP contribution is -2.39. The normalized spacial score (nSPS) is 15.8. The van der Waals surface area contributed by atoms with Gasteiger partial charge < -0.3 is 14.5 Å². The van der Waals surface area contributed by atoms with Gasteiger partial charge in [-0.05, 0) is 72.9 Å². The van der Waals surface area contributed by atoms with Crippen molar-refractivity contribution in [2.75, 3.05) is 25.6 Å². The lowest BCUT2D eigenvalue weighted by atomic mass is 9.97. The first-order valence-corrected chi connectivity index (χ1v) is 15.9. The molecule has 3 aromatic carbocycles. The van der Waals surface area contributed by atoms with E-state index in [1.54, 1.807) is 4.31 Å². The molecule has 0 amide bonds. The van der Waals surface area contributed by atoms with Crippen LogP contribution in [0, 0.1) is 6.92 Å². The average Bonchev–Trinajstić information content (AvgIpc) is 3.67. The number of pyridine rings is 1. The van der Waals surface area contributed by atoms with Gasteiger partial charge in [0, 0.05) is 30.3 Å². The number of benzene rings is 3. The Kier molecular flexibility index (Phi) is 6.91. The average molecular weight is 581 g/mol. The van der Waals surface area contributed by atoms with Crippen LogP contribution in [0.25, 0.3) is 33.4 Å². The van der Waals surface area contributed by atoms with Crippen LogP contribution in [0.5, 0.6) is 11.5 Å². The number of piperidine rings is 1. The van der Waals surface area contributed by atoms with Crippen molar-refractivity contribution in [3.63, 3.8) is 0 Å². The zero-order valence-electron chi connectivity index (χ0n) is 23.4. The number of nitrogens with one attached hydrogen (secondary N) is 1. The first kappa shape index (κ1) is 26.7. The van der Waals surface area contributed by atoms with Crippen LogP contribution >= 0.6 is 0 Å². The smallest absolute Gasteiger partial charge is 0.231 e. The number of aromatic nitrogens is 3. The number of fused-ring (bicyclic) bond motifs is 2. The molecule has 2 aliphatic rings. The van der Waals surface area contributed by atoms with Crippen molar-refractivity contribution in [2.45, 2.75) is 32.1 Å². The Morgan fingerprint density at radius 2 is 1.69 bits per heavy atom. The number of ether oxygens (including phenoxy) is 2. The fourth-order valence-corrected chi connectivity index (χ4v) is 7.40. The van der Waals surface area contributed by atoms with Gasteiger partial charge in [0.05, 0.1) is 22.8 Å². The molecule has 2 aliphatic heterocycles. The third kappa shape index (κ3) is 5.26. The molecule has 0 saturated carbocycles. The standard InChI is InChI=1S/C33H32N4O4S/c1-22-5-4-8-28(34-22)32-31(27-11-12-29-30(20-27)41-21-40-29)35-33(36-32)25-13-16-37(17-14-25)42(38,39)18-15-23-9-10-24-6-2-3-7-26(24)19-23/h2-12,19-20,25H,13-18,21H2,1H3,(H,35,36). The molecule has 0 unspecified atom stereocenters. The summed E-state index contributed by atoms with van der Waals surface area (Å²) in [5, 5.41) is 2.29. The van der Waals surface area contributed by atoms with Gasteiger partial charge in [0.2, 0.25) is 16.8 Å². The van der Waals surface area contributed by atoms with Crippen LogP contribution < -0.4 is 9.47 Å². The fraction of sp³-hybridized carbons (Fsp3) is 0.273. The van der Waals surface area contributed by atoms with Crippen molar-refractivity contribution in [3.05, 3.63) is 95.9 Å². The van der Waals surface area contributed by atoms with Crippen molar-refractivity contribution in [2.24, 2.45) is 0 Å². The number of sulfonamides is 1. The highest BCUT2D eigenvalue weighted by Crippen LogP contribution is 2.39. The molecular formula is C33H32N4O4S. The second-order valence-electron chi connectivity index (χ2n) is 11.0. The van der Waals surface area contributed by atoms with E-state index in [0.29, 0.717) is 38.1 Å². The summed E-state index contributed by atoms with van der Waals surface area (Å²) < 4.78 is 39.4. The molecule has 0 radical (unpaired) electrons. The molecule has 42 heavy (non-hydrogen) atoms. The van der Waals surface area contributed by atoms with Crippen molar-refractivity contribution in [1.29, 1.82) is 0 Å². The van der Waals surface area contributed by atoms with Gasteiger partial charge >= 0.3 is 0 Å². The molecule has 1 fully saturated rings. The quantitative estimate of drug-likeness (QED) is 0.251. The summed E-state index contributed by atoms with van der Waals surface area (Å²) >= 11 is 0. The van der Waals surface area contributed by atoms with E-state index in [2.05, 4.69) is 29.2 Å². The Morgan fingerprint density at radius 1 is 0.881 bits per heavy atom. The Bertz CT molecular complexity index is 1880. The number of aromatic amines is 1. The SMILES string of the molecule is Cc1cccc(-c2[nH]c(C3CCN(S(=O)(=O)CCc4ccc5ccccc5c4)CC3)nc2-c2ccc3c(c2)OCO3)n1. The predicted octanol–water partition coefficient (Wildman–Crippen LogP) is 6.08. The van der Waals surface area contributed by atoms with Gasteiger partial charge in [0.25, 0.3) is 0 Å². The second kappa shape index (κ2) is 10.9. The van der Waals surface area contributed by atoms with Gasteiger partial charge in [-0.2, -0.15) is 0 Å². The van der Waals surface area contributed by atoms with E-state index in [1.165, 1.54) is 0 Å². The van der Waals surface area contributed by atoms with Gasteiger partial charge in [0.1, 0.15) is 5.82 Å². The molecule has 0 bridgehead atoms. The molecule has 1 N–H and O–H groups in total. The molecule has 214 valence electrons. The number of aryl methyl sites for hydroxylation is 2. The maximum absolute atomic E-state index is 13.3. The lowest BCUT2D eigenvalue weighted by Gasteiger charge is -2.30. The van der Waals surface area contributed by atoms with Gasteiger partial charge in [-0.1, -0.05) is 48.5 Å². The van der Waals surface area contributed by atoms with Crippen molar-refractivity contribution < 1.29 is 17.9 Å². The molecule has 2 aromatic heterocycles. The van der Waals surface area contributed by atoms with E-state index in [4.69, 9.17) is 19.4 Å². The van der Waals surface area contributed by atoms with Gasteiger partial charge in [0.15, 0.2) is 11.5 Å². The van der Waals surface area contributed by atoms with Crippen molar-refractivity contribution in [1.82, 2.24) is 19.3 Å². The summed E-state index contributed by atoms with van der Waals surface area (Å²) in [6, 6.07) is 26.1.